The Balaban J connectivity index is 1.76. The van der Waals surface area contributed by atoms with Crippen LogP contribution in [-0.2, 0) is 11.3 Å². The van der Waals surface area contributed by atoms with E-state index in [-0.39, 0.29) is 28.6 Å². The fraction of sp³-hybridized carbons (Fsp3) is 0.478. The Kier molecular flexibility index (Phi) is 5.09. The molecule has 0 unspecified atom stereocenters. The summed E-state index contributed by atoms with van der Waals surface area (Å²) in [6, 6.07) is 5.30. The molecule has 5 rings (SSSR count). The van der Waals surface area contributed by atoms with Gasteiger partial charge in [-0.25, -0.2) is 4.98 Å². The van der Waals surface area contributed by atoms with Gasteiger partial charge in [0.1, 0.15) is 16.8 Å². The highest BCUT2D eigenvalue weighted by Gasteiger charge is 2.25. The van der Waals surface area contributed by atoms with Crippen LogP contribution < -0.4 is 11.0 Å². The standard InChI is InChI=1S/C23H27N5O3/c1-15-7-5-11-27-20(15)25-21-18(23(27)30)13-17(22(29)26-9-3-2-4-10-26)19(24)28(21)14-16-8-6-12-31-16/h5,7,11,13,16,24H,2-4,6,8-10,12,14H2,1H3/t16-/m1/s1. The van der Waals surface area contributed by atoms with E-state index in [0.29, 0.717) is 42.9 Å². The first-order valence-corrected chi connectivity index (χ1v) is 11.1. The van der Waals surface area contributed by atoms with E-state index >= 15 is 0 Å². The number of pyridine rings is 2. The molecule has 2 saturated heterocycles. The molecule has 0 radical (unpaired) electrons. The lowest BCUT2D eigenvalue weighted by Gasteiger charge is -2.27. The minimum absolute atomic E-state index is 0.0465. The molecule has 1 amide bonds. The molecule has 2 fully saturated rings. The Morgan fingerprint density at radius 2 is 2.03 bits per heavy atom. The SMILES string of the molecule is Cc1cccn2c(=O)c3cc(C(=O)N4CCCCC4)c(=N)n(C[C@H]4CCCO4)c3nc12. The summed E-state index contributed by atoms with van der Waals surface area (Å²) >= 11 is 0. The Bertz CT molecular complexity index is 1280. The number of likely N-dealkylation sites (tertiary alicyclic amines) is 1. The molecule has 3 aromatic heterocycles. The molecule has 0 saturated carbocycles. The molecular weight excluding hydrogens is 394 g/mol. The number of hydrogen-bond donors (Lipinski definition) is 1. The number of aromatic nitrogens is 3. The molecular formula is C23H27N5O3. The summed E-state index contributed by atoms with van der Waals surface area (Å²) in [5.41, 5.74) is 2.02. The number of nitrogens with one attached hydrogen (secondary N) is 1. The third-order valence-electron chi connectivity index (χ3n) is 6.42. The molecule has 31 heavy (non-hydrogen) atoms. The molecule has 2 aliphatic heterocycles. The largest absolute Gasteiger partial charge is 0.376 e. The van der Waals surface area contributed by atoms with E-state index in [0.717, 1.165) is 37.7 Å². The summed E-state index contributed by atoms with van der Waals surface area (Å²) in [6.45, 7) is 4.40. The fourth-order valence-corrected chi connectivity index (χ4v) is 4.70. The maximum atomic E-state index is 13.4. The monoisotopic (exact) mass is 421 g/mol. The number of nitrogens with zero attached hydrogens (tertiary/aromatic N) is 4. The van der Waals surface area contributed by atoms with Gasteiger partial charge in [0.2, 0.25) is 0 Å². The second-order valence-corrected chi connectivity index (χ2v) is 8.54. The van der Waals surface area contributed by atoms with Crippen molar-refractivity contribution in [2.45, 2.75) is 51.7 Å². The Labute approximate surface area is 179 Å². The number of carbonyl (C=O) groups is 1. The van der Waals surface area contributed by atoms with E-state index in [1.807, 2.05) is 19.1 Å². The zero-order chi connectivity index (χ0) is 21.5. The van der Waals surface area contributed by atoms with E-state index in [2.05, 4.69) is 0 Å². The quantitative estimate of drug-likeness (QED) is 0.657. The van der Waals surface area contributed by atoms with Gasteiger partial charge in [0.25, 0.3) is 11.5 Å². The van der Waals surface area contributed by atoms with E-state index in [1.54, 1.807) is 21.7 Å². The normalized spacial score (nSPS) is 19.4. The highest BCUT2D eigenvalue weighted by Crippen LogP contribution is 2.19. The highest BCUT2D eigenvalue weighted by atomic mass is 16.5. The minimum Gasteiger partial charge on any atom is -0.376 e. The number of hydrogen-bond acceptors (Lipinski definition) is 5. The first kappa shape index (κ1) is 19.9. The smallest absolute Gasteiger partial charge is 0.267 e. The number of amides is 1. The molecule has 0 bridgehead atoms. The lowest BCUT2D eigenvalue weighted by molar-refractivity contribution is 0.0718. The van der Waals surface area contributed by atoms with Crippen molar-refractivity contribution in [2.24, 2.45) is 0 Å². The molecule has 162 valence electrons. The number of rotatable bonds is 3. The van der Waals surface area contributed by atoms with Gasteiger partial charge < -0.3 is 14.2 Å². The molecule has 8 heteroatoms. The summed E-state index contributed by atoms with van der Waals surface area (Å²) in [6.07, 6.45) is 6.57. The van der Waals surface area contributed by atoms with Crippen molar-refractivity contribution in [3.05, 3.63) is 51.4 Å². The molecule has 0 spiro atoms. The third-order valence-corrected chi connectivity index (χ3v) is 6.42. The van der Waals surface area contributed by atoms with Crippen LogP contribution in [0.15, 0.2) is 29.2 Å². The summed E-state index contributed by atoms with van der Waals surface area (Å²) in [5, 5.41) is 9.24. The number of piperidine rings is 1. The van der Waals surface area contributed by atoms with E-state index < -0.39 is 0 Å². The molecule has 5 heterocycles. The van der Waals surface area contributed by atoms with Crippen molar-refractivity contribution in [3.8, 4) is 0 Å². The number of fused-ring (bicyclic) bond motifs is 2. The average molecular weight is 422 g/mol. The highest BCUT2D eigenvalue weighted by molar-refractivity contribution is 5.97. The Hall–Kier alpha value is -3.00. The second kappa shape index (κ2) is 7.92. The number of carbonyl (C=O) groups excluding carboxylic acids is 1. The van der Waals surface area contributed by atoms with Gasteiger partial charge >= 0.3 is 0 Å². The van der Waals surface area contributed by atoms with Gasteiger partial charge in [0, 0.05) is 25.9 Å². The maximum Gasteiger partial charge on any atom is 0.267 e. The predicted octanol–water partition coefficient (Wildman–Crippen LogP) is 2.24. The molecule has 0 aliphatic carbocycles. The fourth-order valence-electron chi connectivity index (χ4n) is 4.70. The van der Waals surface area contributed by atoms with Gasteiger partial charge in [-0.15, -0.1) is 0 Å². The van der Waals surface area contributed by atoms with Crippen LogP contribution in [0.4, 0.5) is 0 Å². The van der Waals surface area contributed by atoms with Crippen molar-refractivity contribution in [2.75, 3.05) is 19.7 Å². The van der Waals surface area contributed by atoms with Crippen molar-refractivity contribution in [1.29, 1.82) is 5.41 Å². The van der Waals surface area contributed by atoms with Crippen molar-refractivity contribution < 1.29 is 9.53 Å². The molecule has 0 aromatic carbocycles. The van der Waals surface area contributed by atoms with Gasteiger partial charge in [-0.1, -0.05) is 6.07 Å². The zero-order valence-corrected chi connectivity index (χ0v) is 17.8. The van der Waals surface area contributed by atoms with Gasteiger partial charge in [-0.05, 0) is 56.7 Å². The van der Waals surface area contributed by atoms with Crippen LogP contribution >= 0.6 is 0 Å². The summed E-state index contributed by atoms with van der Waals surface area (Å²) in [7, 11) is 0. The second-order valence-electron chi connectivity index (χ2n) is 8.54. The minimum atomic E-state index is -0.225. The van der Waals surface area contributed by atoms with Crippen molar-refractivity contribution in [3.63, 3.8) is 0 Å². The van der Waals surface area contributed by atoms with Gasteiger partial charge in [0.15, 0.2) is 0 Å². The van der Waals surface area contributed by atoms with Gasteiger partial charge in [0.05, 0.1) is 23.6 Å². The molecule has 3 aromatic rings. The predicted molar refractivity (Wildman–Crippen MR) is 116 cm³/mol. The maximum absolute atomic E-state index is 13.4. The van der Waals surface area contributed by atoms with Crippen LogP contribution in [0.25, 0.3) is 16.7 Å². The van der Waals surface area contributed by atoms with Gasteiger partial charge in [-0.3, -0.25) is 19.4 Å². The third kappa shape index (κ3) is 3.44. The Morgan fingerprint density at radius 3 is 2.77 bits per heavy atom. The van der Waals surface area contributed by atoms with Crippen LogP contribution in [0.1, 0.15) is 48.0 Å². The number of ether oxygens (including phenoxy) is 1. The van der Waals surface area contributed by atoms with Crippen LogP contribution in [0, 0.1) is 12.3 Å². The van der Waals surface area contributed by atoms with Crippen LogP contribution in [0.2, 0.25) is 0 Å². The van der Waals surface area contributed by atoms with E-state index in [1.165, 1.54) is 4.40 Å². The van der Waals surface area contributed by atoms with E-state index in [9.17, 15) is 9.59 Å². The number of aryl methyl sites for hydroxylation is 1. The summed E-state index contributed by atoms with van der Waals surface area (Å²) < 4.78 is 9.03. The molecule has 1 N–H and O–H groups in total. The van der Waals surface area contributed by atoms with Gasteiger partial charge in [-0.2, -0.15) is 0 Å². The summed E-state index contributed by atoms with van der Waals surface area (Å²) in [4.78, 5) is 33.3. The first-order chi connectivity index (χ1) is 15.0. The zero-order valence-electron chi connectivity index (χ0n) is 17.8. The summed E-state index contributed by atoms with van der Waals surface area (Å²) in [5.74, 6) is -0.179. The first-order valence-electron chi connectivity index (χ1n) is 11.1. The molecule has 2 aliphatic rings. The van der Waals surface area contributed by atoms with Crippen LogP contribution in [0.5, 0.6) is 0 Å². The van der Waals surface area contributed by atoms with Crippen LogP contribution in [-0.4, -0.2) is 50.6 Å². The molecule has 1 atom stereocenters. The van der Waals surface area contributed by atoms with E-state index in [4.69, 9.17) is 15.1 Å². The van der Waals surface area contributed by atoms with Crippen molar-refractivity contribution in [1.82, 2.24) is 18.9 Å². The lowest BCUT2D eigenvalue weighted by atomic mass is 10.1. The molecule has 8 nitrogen and oxygen atoms in total. The Morgan fingerprint density at radius 1 is 1.23 bits per heavy atom. The topological polar surface area (TPSA) is 92.7 Å². The van der Waals surface area contributed by atoms with Crippen LogP contribution in [0.3, 0.4) is 0 Å². The van der Waals surface area contributed by atoms with Crippen molar-refractivity contribution >= 4 is 22.6 Å². The average Bonchev–Trinajstić information content (AvgIpc) is 3.30. The lowest BCUT2D eigenvalue weighted by Crippen LogP contribution is -2.41.